The number of benzene rings is 1. The summed E-state index contributed by atoms with van der Waals surface area (Å²) in [5.74, 6) is -0.743. The third-order valence-corrected chi connectivity index (χ3v) is 5.70. The molecule has 0 fully saturated rings. The molecule has 0 radical (unpaired) electrons. The predicted octanol–water partition coefficient (Wildman–Crippen LogP) is 5.51. The third kappa shape index (κ3) is 14.3. The Morgan fingerprint density at radius 2 is 1.27 bits per heavy atom. The molecule has 0 bridgehead atoms. The monoisotopic (exact) mass is 565 g/mol. The van der Waals surface area contributed by atoms with Gasteiger partial charge >= 0.3 is 24.1 Å². The Labute approximate surface area is 238 Å². The van der Waals surface area contributed by atoms with Gasteiger partial charge in [-0.15, -0.1) is 0 Å². The number of carbonyl (C=O) groups is 4. The lowest BCUT2D eigenvalue weighted by atomic mass is 10.1. The van der Waals surface area contributed by atoms with Crippen LogP contribution in [0.25, 0.3) is 0 Å². The Kier molecular flexibility index (Phi) is 14.1. The van der Waals surface area contributed by atoms with E-state index in [2.05, 4.69) is 0 Å². The van der Waals surface area contributed by atoms with Crippen LogP contribution in [-0.4, -0.2) is 47.9 Å². The Hall–Kier alpha value is -3.14. The van der Waals surface area contributed by atoms with Crippen molar-refractivity contribution in [2.24, 2.45) is 17.6 Å². The van der Waals surface area contributed by atoms with E-state index in [1.807, 2.05) is 27.7 Å². The van der Waals surface area contributed by atoms with Crippen LogP contribution in [0, 0.1) is 11.8 Å². The summed E-state index contributed by atoms with van der Waals surface area (Å²) in [5.41, 5.74) is 5.95. The van der Waals surface area contributed by atoms with Gasteiger partial charge in [0.05, 0.1) is 0 Å². The van der Waals surface area contributed by atoms with Crippen LogP contribution in [0.3, 0.4) is 0 Å². The van der Waals surface area contributed by atoms with Crippen molar-refractivity contribution in [3.8, 4) is 11.5 Å². The molecule has 0 saturated heterocycles. The second-order valence-electron chi connectivity index (χ2n) is 11.8. The highest BCUT2D eigenvalue weighted by molar-refractivity contribution is 5.77. The largest absolute Gasteiger partial charge is 0.509 e. The van der Waals surface area contributed by atoms with E-state index in [9.17, 15) is 19.2 Å². The average Bonchev–Trinajstić information content (AvgIpc) is 2.81. The van der Waals surface area contributed by atoms with Gasteiger partial charge in [0.15, 0.2) is 11.5 Å². The quantitative estimate of drug-likeness (QED) is 0.227. The van der Waals surface area contributed by atoms with Crippen LogP contribution in [0.1, 0.15) is 93.6 Å². The fourth-order valence-corrected chi connectivity index (χ4v) is 3.23. The minimum atomic E-state index is -1.06. The molecule has 1 unspecified atom stereocenters. The fourth-order valence-electron chi connectivity index (χ4n) is 3.23. The number of ether oxygens (including phenoxy) is 5. The lowest BCUT2D eigenvalue weighted by Crippen LogP contribution is -2.40. The minimum absolute atomic E-state index is 0.0605. The molecule has 0 spiro atoms. The number of hydrogen-bond donors (Lipinski definition) is 1. The molecule has 0 saturated carbocycles. The number of esters is 3. The lowest BCUT2D eigenvalue weighted by molar-refractivity contribution is -0.156. The van der Waals surface area contributed by atoms with E-state index in [1.54, 1.807) is 40.7 Å². The first-order valence-electron chi connectivity index (χ1n) is 13.9. The van der Waals surface area contributed by atoms with Crippen LogP contribution >= 0.6 is 0 Å². The smallest absolute Gasteiger partial charge is 0.458 e. The molecule has 3 atom stereocenters. The highest BCUT2D eigenvalue weighted by Gasteiger charge is 2.27. The van der Waals surface area contributed by atoms with Gasteiger partial charge in [0.1, 0.15) is 23.9 Å². The summed E-state index contributed by atoms with van der Waals surface area (Å²) in [6.07, 6.45) is -0.618. The lowest BCUT2D eigenvalue weighted by Gasteiger charge is -2.24. The van der Waals surface area contributed by atoms with Crippen molar-refractivity contribution in [2.45, 2.75) is 118 Å². The highest BCUT2D eigenvalue weighted by atomic mass is 16.7. The molecular weight excluding hydrogens is 518 g/mol. The Bertz CT molecular complexity index is 997. The van der Waals surface area contributed by atoms with Gasteiger partial charge in [-0.1, -0.05) is 33.8 Å². The molecule has 0 amide bonds. The van der Waals surface area contributed by atoms with Gasteiger partial charge in [0, 0.05) is 12.8 Å². The van der Waals surface area contributed by atoms with Crippen molar-refractivity contribution in [1.29, 1.82) is 0 Å². The van der Waals surface area contributed by atoms with E-state index < -0.39 is 47.9 Å². The molecule has 10 heteroatoms. The van der Waals surface area contributed by atoms with Crippen molar-refractivity contribution in [3.05, 3.63) is 23.8 Å². The Morgan fingerprint density at radius 3 is 1.77 bits per heavy atom. The van der Waals surface area contributed by atoms with Gasteiger partial charge in [0.25, 0.3) is 0 Å². The Balaban J connectivity index is 2.91. The Morgan fingerprint density at radius 1 is 0.775 bits per heavy atom. The SMILES string of the molecule is CC(C)CCC(=O)Oc1ccc(C[C@H](N)C(=O)O[C@@H](C)C(C)OC(=O)OC(C)(C)C)cc1OC(=O)CCC(C)C. The molecule has 10 nitrogen and oxygen atoms in total. The van der Waals surface area contributed by atoms with Crippen LogP contribution in [0.4, 0.5) is 4.79 Å². The molecular formula is C30H47NO9. The molecule has 1 aromatic rings. The maximum atomic E-state index is 12.7. The summed E-state index contributed by atoms with van der Waals surface area (Å²) in [6, 6.07) is 3.63. The van der Waals surface area contributed by atoms with Crippen molar-refractivity contribution < 1.29 is 42.9 Å². The van der Waals surface area contributed by atoms with E-state index in [0.717, 1.165) is 0 Å². The summed E-state index contributed by atoms with van der Waals surface area (Å²) < 4.78 is 26.7. The molecule has 0 aliphatic carbocycles. The molecule has 0 aliphatic heterocycles. The summed E-state index contributed by atoms with van der Waals surface area (Å²) in [5, 5.41) is 0. The molecule has 1 aromatic carbocycles. The first kappa shape index (κ1) is 34.9. The number of nitrogens with two attached hydrogens (primary N) is 1. The van der Waals surface area contributed by atoms with Crippen LogP contribution in [0.15, 0.2) is 18.2 Å². The molecule has 2 N–H and O–H groups in total. The highest BCUT2D eigenvalue weighted by Crippen LogP contribution is 2.30. The first-order valence-corrected chi connectivity index (χ1v) is 13.9. The second kappa shape index (κ2) is 16.2. The average molecular weight is 566 g/mol. The van der Waals surface area contributed by atoms with Crippen molar-refractivity contribution in [3.63, 3.8) is 0 Å². The third-order valence-electron chi connectivity index (χ3n) is 5.70. The van der Waals surface area contributed by atoms with E-state index in [4.69, 9.17) is 29.4 Å². The predicted molar refractivity (Wildman–Crippen MR) is 150 cm³/mol. The van der Waals surface area contributed by atoms with Gasteiger partial charge < -0.3 is 29.4 Å². The van der Waals surface area contributed by atoms with Gasteiger partial charge in [-0.25, -0.2) is 4.79 Å². The molecule has 0 aromatic heterocycles. The zero-order chi connectivity index (χ0) is 30.6. The molecule has 0 heterocycles. The van der Waals surface area contributed by atoms with Crippen molar-refractivity contribution >= 4 is 24.1 Å². The summed E-state index contributed by atoms with van der Waals surface area (Å²) in [7, 11) is 0. The van der Waals surface area contributed by atoms with Gasteiger partial charge in [-0.2, -0.15) is 0 Å². The minimum Gasteiger partial charge on any atom is -0.458 e. The maximum absolute atomic E-state index is 12.7. The molecule has 226 valence electrons. The topological polar surface area (TPSA) is 140 Å². The van der Waals surface area contributed by atoms with Crippen LogP contribution in [0.5, 0.6) is 11.5 Å². The van der Waals surface area contributed by atoms with Gasteiger partial charge in [-0.3, -0.25) is 14.4 Å². The van der Waals surface area contributed by atoms with E-state index >= 15 is 0 Å². The summed E-state index contributed by atoms with van der Waals surface area (Å²) in [4.78, 5) is 49.3. The summed E-state index contributed by atoms with van der Waals surface area (Å²) in [6.45, 7) is 16.3. The maximum Gasteiger partial charge on any atom is 0.509 e. The molecule has 1 rings (SSSR count). The van der Waals surface area contributed by atoms with E-state index in [-0.39, 0.29) is 30.8 Å². The van der Waals surface area contributed by atoms with E-state index in [1.165, 1.54) is 12.1 Å². The zero-order valence-electron chi connectivity index (χ0n) is 25.4. The second-order valence-corrected chi connectivity index (χ2v) is 11.8. The van der Waals surface area contributed by atoms with Crippen molar-refractivity contribution in [2.75, 3.05) is 0 Å². The van der Waals surface area contributed by atoms with Crippen LogP contribution in [-0.2, 0) is 35.0 Å². The zero-order valence-corrected chi connectivity index (χ0v) is 25.4. The van der Waals surface area contributed by atoms with Crippen LogP contribution in [0.2, 0.25) is 0 Å². The number of rotatable bonds is 14. The first-order chi connectivity index (χ1) is 18.5. The van der Waals surface area contributed by atoms with Crippen molar-refractivity contribution in [1.82, 2.24) is 0 Å². The molecule has 40 heavy (non-hydrogen) atoms. The molecule has 0 aliphatic rings. The standard InChI is InChI=1S/C30H47NO9/c1-18(2)10-14-26(32)38-24-13-12-22(17-25(24)39-27(33)15-11-19(3)4)16-23(31)28(34)36-20(5)21(6)37-29(35)40-30(7,8)9/h12-13,17-21,23H,10-11,14-16,31H2,1-9H3/t20-,21?,23-/m0/s1. The van der Waals surface area contributed by atoms with Gasteiger partial charge in [-0.05, 0) is 83.4 Å². The van der Waals surface area contributed by atoms with E-state index in [0.29, 0.717) is 30.2 Å². The number of carbonyl (C=O) groups excluding carboxylic acids is 4. The summed E-state index contributed by atoms with van der Waals surface area (Å²) >= 11 is 0. The number of hydrogen-bond acceptors (Lipinski definition) is 10. The fraction of sp³-hybridized carbons (Fsp3) is 0.667. The van der Waals surface area contributed by atoms with Crippen LogP contribution < -0.4 is 15.2 Å². The van der Waals surface area contributed by atoms with Gasteiger partial charge in [0.2, 0.25) is 0 Å². The normalized spacial score (nSPS) is 13.8.